The van der Waals surface area contributed by atoms with Gasteiger partial charge in [-0.25, -0.2) is 9.98 Å². The molecule has 6 N–H and O–H groups in total. The van der Waals surface area contributed by atoms with Gasteiger partial charge in [0.2, 0.25) is 11.7 Å². The molecule has 2 aromatic rings. The number of nitrogens with one attached hydrogen (secondary N) is 2. The Morgan fingerprint density at radius 1 is 0.905 bits per heavy atom. The maximum atomic E-state index is 6.28. The van der Waals surface area contributed by atoms with E-state index in [4.69, 9.17) is 11.5 Å². The van der Waals surface area contributed by atoms with Crippen molar-refractivity contribution in [1.29, 1.82) is 0 Å². The molecule has 0 radical (unpaired) electrons. The Balaban J connectivity index is 1.92. The summed E-state index contributed by atoms with van der Waals surface area (Å²) in [5.41, 5.74) is 13.8. The van der Waals surface area contributed by atoms with Crippen molar-refractivity contribution in [2.45, 2.75) is 5.79 Å². The molecule has 0 spiro atoms. The lowest BCUT2D eigenvalue weighted by Crippen LogP contribution is -2.50. The van der Waals surface area contributed by atoms with Gasteiger partial charge < -0.3 is 11.1 Å². The van der Waals surface area contributed by atoms with E-state index in [0.717, 1.165) is 11.3 Å². The first-order valence-electron chi connectivity index (χ1n) is 6.54. The fraction of sp³-hybridized carbons (Fsp3) is 0.0667. The van der Waals surface area contributed by atoms with Crippen LogP contribution in [0.2, 0.25) is 0 Å². The van der Waals surface area contributed by atoms with Gasteiger partial charge in [0, 0.05) is 11.3 Å². The Bertz CT molecular complexity index is 680. The van der Waals surface area contributed by atoms with Crippen molar-refractivity contribution in [2.24, 2.45) is 21.5 Å². The van der Waals surface area contributed by atoms with Crippen molar-refractivity contribution in [1.82, 2.24) is 5.32 Å². The van der Waals surface area contributed by atoms with Crippen LogP contribution in [0, 0.1) is 0 Å². The molecular formula is C15H16N6. The lowest BCUT2D eigenvalue weighted by Gasteiger charge is -2.27. The quantitative estimate of drug-likeness (QED) is 0.662. The first-order chi connectivity index (χ1) is 10.2. The lowest BCUT2D eigenvalue weighted by molar-refractivity contribution is 0.485. The summed E-state index contributed by atoms with van der Waals surface area (Å²) >= 11 is 0. The molecule has 1 unspecified atom stereocenters. The molecule has 2 aromatic carbocycles. The van der Waals surface area contributed by atoms with Gasteiger partial charge >= 0.3 is 0 Å². The van der Waals surface area contributed by atoms with Crippen molar-refractivity contribution in [3.05, 3.63) is 66.2 Å². The SMILES string of the molecule is NC1=NC(N)(c2ccccc2)N=C(Nc2ccccc2)N1. The van der Waals surface area contributed by atoms with Crippen LogP contribution in [0.15, 0.2) is 70.6 Å². The maximum absolute atomic E-state index is 6.28. The van der Waals surface area contributed by atoms with Crippen LogP contribution >= 0.6 is 0 Å². The van der Waals surface area contributed by atoms with Crippen LogP contribution in [0.3, 0.4) is 0 Å². The van der Waals surface area contributed by atoms with Crippen LogP contribution in [-0.4, -0.2) is 11.9 Å². The summed E-state index contributed by atoms with van der Waals surface area (Å²) in [7, 11) is 0. The number of aliphatic imine (C=N–C) groups is 2. The molecule has 0 fully saturated rings. The Labute approximate surface area is 122 Å². The van der Waals surface area contributed by atoms with E-state index in [0.29, 0.717) is 5.96 Å². The molecule has 0 aliphatic carbocycles. The largest absolute Gasteiger partial charge is 0.369 e. The van der Waals surface area contributed by atoms with Crippen molar-refractivity contribution >= 4 is 17.6 Å². The molecule has 1 heterocycles. The van der Waals surface area contributed by atoms with Gasteiger partial charge in [0.25, 0.3) is 0 Å². The van der Waals surface area contributed by atoms with Crippen LogP contribution < -0.4 is 22.1 Å². The minimum Gasteiger partial charge on any atom is -0.369 e. The highest BCUT2D eigenvalue weighted by molar-refractivity contribution is 6.06. The van der Waals surface area contributed by atoms with Gasteiger partial charge in [-0.05, 0) is 12.1 Å². The molecular weight excluding hydrogens is 264 g/mol. The van der Waals surface area contributed by atoms with E-state index in [1.165, 1.54) is 0 Å². The van der Waals surface area contributed by atoms with E-state index in [2.05, 4.69) is 20.6 Å². The number of benzene rings is 2. The number of hydrogen-bond donors (Lipinski definition) is 4. The van der Waals surface area contributed by atoms with E-state index in [1.807, 2.05) is 60.7 Å². The van der Waals surface area contributed by atoms with E-state index in [-0.39, 0.29) is 5.96 Å². The third-order valence-corrected chi connectivity index (χ3v) is 3.05. The fourth-order valence-electron chi connectivity index (χ4n) is 2.09. The highest BCUT2D eigenvalue weighted by Gasteiger charge is 2.30. The topological polar surface area (TPSA) is 101 Å². The van der Waals surface area contributed by atoms with E-state index < -0.39 is 5.79 Å². The molecule has 0 aromatic heterocycles. The van der Waals surface area contributed by atoms with Crippen molar-refractivity contribution in [3.63, 3.8) is 0 Å². The van der Waals surface area contributed by atoms with Crippen LogP contribution in [0.1, 0.15) is 5.56 Å². The molecule has 0 saturated carbocycles. The zero-order valence-corrected chi connectivity index (χ0v) is 11.3. The average Bonchev–Trinajstić information content (AvgIpc) is 2.48. The first-order valence-corrected chi connectivity index (χ1v) is 6.54. The summed E-state index contributed by atoms with van der Waals surface area (Å²) in [5.74, 6) is -0.553. The molecule has 106 valence electrons. The summed E-state index contributed by atoms with van der Waals surface area (Å²) in [5, 5.41) is 6.01. The number of anilines is 1. The molecule has 0 saturated heterocycles. The number of nitrogens with zero attached hydrogens (tertiary/aromatic N) is 2. The predicted molar refractivity (Wildman–Crippen MR) is 84.6 cm³/mol. The predicted octanol–water partition coefficient (Wildman–Crippen LogP) is 1.14. The number of nitrogens with two attached hydrogens (primary N) is 2. The van der Waals surface area contributed by atoms with Gasteiger partial charge in [0.1, 0.15) is 0 Å². The molecule has 3 rings (SSSR count). The summed E-state index contributed by atoms with van der Waals surface area (Å²) in [6.45, 7) is 0. The second-order valence-electron chi connectivity index (χ2n) is 4.67. The standard InChI is InChI=1S/C15H16N6/c16-13-19-14(18-12-9-5-2-6-10-12)21-15(17,20-13)11-7-3-1-4-8-11/h1-10H,17H2,(H4,16,18,19,20,21). The molecule has 1 aliphatic heterocycles. The summed E-state index contributed by atoms with van der Waals surface area (Å²) in [6, 6.07) is 19.1. The smallest absolute Gasteiger partial charge is 0.235 e. The van der Waals surface area contributed by atoms with Gasteiger partial charge in [0.05, 0.1) is 0 Å². The van der Waals surface area contributed by atoms with Crippen molar-refractivity contribution in [2.75, 3.05) is 5.32 Å². The van der Waals surface area contributed by atoms with E-state index >= 15 is 0 Å². The average molecular weight is 280 g/mol. The number of hydrogen-bond acceptors (Lipinski definition) is 6. The summed E-state index contributed by atoms with van der Waals surface area (Å²) < 4.78 is 0. The number of para-hydroxylation sites is 1. The second-order valence-corrected chi connectivity index (χ2v) is 4.67. The third kappa shape index (κ3) is 2.85. The molecule has 6 nitrogen and oxygen atoms in total. The molecule has 6 heteroatoms. The zero-order chi connectivity index (χ0) is 14.7. The Kier molecular flexibility index (Phi) is 3.29. The molecule has 0 amide bonds. The Morgan fingerprint density at radius 2 is 1.52 bits per heavy atom. The minimum atomic E-state index is -1.23. The summed E-state index contributed by atoms with van der Waals surface area (Å²) in [6.07, 6.45) is 0. The van der Waals surface area contributed by atoms with Gasteiger partial charge in [-0.2, -0.15) is 0 Å². The normalized spacial score (nSPS) is 21.0. The van der Waals surface area contributed by atoms with Crippen LogP contribution in [-0.2, 0) is 5.79 Å². The lowest BCUT2D eigenvalue weighted by atomic mass is 10.1. The van der Waals surface area contributed by atoms with Crippen LogP contribution in [0.25, 0.3) is 0 Å². The van der Waals surface area contributed by atoms with Crippen molar-refractivity contribution in [3.8, 4) is 0 Å². The van der Waals surface area contributed by atoms with E-state index in [9.17, 15) is 0 Å². The fourth-order valence-corrected chi connectivity index (χ4v) is 2.09. The van der Waals surface area contributed by atoms with Gasteiger partial charge in [-0.1, -0.05) is 48.5 Å². The zero-order valence-electron chi connectivity index (χ0n) is 11.3. The highest BCUT2D eigenvalue weighted by atomic mass is 15.4. The Morgan fingerprint density at radius 3 is 2.19 bits per heavy atom. The monoisotopic (exact) mass is 280 g/mol. The highest BCUT2D eigenvalue weighted by Crippen LogP contribution is 2.23. The molecule has 0 bridgehead atoms. The maximum Gasteiger partial charge on any atom is 0.235 e. The molecule has 1 atom stereocenters. The number of guanidine groups is 2. The minimum absolute atomic E-state index is 0.217. The Hall–Kier alpha value is -2.86. The van der Waals surface area contributed by atoms with Crippen LogP contribution in [0.5, 0.6) is 0 Å². The van der Waals surface area contributed by atoms with Gasteiger partial charge in [-0.3, -0.25) is 11.1 Å². The van der Waals surface area contributed by atoms with Crippen LogP contribution in [0.4, 0.5) is 5.69 Å². The third-order valence-electron chi connectivity index (χ3n) is 3.05. The molecule has 1 aliphatic rings. The van der Waals surface area contributed by atoms with Gasteiger partial charge in [-0.15, -0.1) is 0 Å². The summed E-state index contributed by atoms with van der Waals surface area (Å²) in [4.78, 5) is 8.64. The van der Waals surface area contributed by atoms with Gasteiger partial charge in [0.15, 0.2) is 5.96 Å². The molecule has 21 heavy (non-hydrogen) atoms. The van der Waals surface area contributed by atoms with Crippen molar-refractivity contribution < 1.29 is 0 Å². The second kappa shape index (κ2) is 5.26. The first kappa shape index (κ1) is 13.1. The number of rotatable bonds is 2. The van der Waals surface area contributed by atoms with E-state index in [1.54, 1.807) is 0 Å².